The molecule has 1 aliphatic heterocycles. The smallest absolute Gasteiger partial charge is 0.161 e. The van der Waals surface area contributed by atoms with Crippen molar-refractivity contribution in [3.63, 3.8) is 0 Å². The number of halogens is 1. The lowest BCUT2D eigenvalue weighted by Crippen LogP contribution is -2.41. The summed E-state index contributed by atoms with van der Waals surface area (Å²) in [7, 11) is 1.66. The molecule has 0 unspecified atom stereocenters. The molecule has 0 saturated carbocycles. The van der Waals surface area contributed by atoms with Gasteiger partial charge in [-0.1, -0.05) is 12.1 Å². The van der Waals surface area contributed by atoms with E-state index in [2.05, 4.69) is 4.90 Å². The molecule has 1 aliphatic rings. The van der Waals surface area contributed by atoms with E-state index >= 15 is 0 Å². The minimum absolute atomic E-state index is 0. The number of benzene rings is 1. The number of nitrogens with zero attached hydrogens (tertiary/aromatic N) is 1. The average Bonchev–Trinajstić information content (AvgIpc) is 2.41. The predicted molar refractivity (Wildman–Crippen MR) is 79.4 cm³/mol. The standard InChI is InChI=1S/C14H22N2O2.ClH/c1-17-13-4-2-3-5-14(13)18-11-10-16-8-6-12(15)7-9-16;/h2-5,12H,6-11,15H2,1H3;1H. The van der Waals surface area contributed by atoms with Gasteiger partial charge in [-0.05, 0) is 38.1 Å². The second-order valence-electron chi connectivity index (χ2n) is 4.68. The first kappa shape index (κ1) is 16.1. The molecular formula is C14H23ClN2O2. The van der Waals surface area contributed by atoms with Crippen LogP contribution in [0, 0.1) is 0 Å². The quantitative estimate of drug-likeness (QED) is 0.898. The lowest BCUT2D eigenvalue weighted by atomic mass is 10.1. The predicted octanol–water partition coefficient (Wildman–Crippen LogP) is 1.92. The molecule has 1 aromatic carbocycles. The van der Waals surface area contributed by atoms with Crippen LogP contribution in [0.25, 0.3) is 0 Å². The molecule has 1 fully saturated rings. The van der Waals surface area contributed by atoms with Gasteiger partial charge >= 0.3 is 0 Å². The van der Waals surface area contributed by atoms with Crippen LogP contribution in [0.4, 0.5) is 0 Å². The first-order valence-electron chi connectivity index (χ1n) is 6.53. The monoisotopic (exact) mass is 286 g/mol. The molecule has 1 aromatic rings. The van der Waals surface area contributed by atoms with Crippen LogP contribution in [-0.4, -0.2) is 44.3 Å². The summed E-state index contributed by atoms with van der Waals surface area (Å²) in [5.41, 5.74) is 5.88. The third-order valence-corrected chi connectivity index (χ3v) is 3.37. The number of likely N-dealkylation sites (tertiary alicyclic amines) is 1. The molecule has 1 heterocycles. The van der Waals surface area contributed by atoms with Gasteiger partial charge in [0.2, 0.25) is 0 Å². The fourth-order valence-electron chi connectivity index (χ4n) is 2.20. The van der Waals surface area contributed by atoms with E-state index in [4.69, 9.17) is 15.2 Å². The molecule has 4 nitrogen and oxygen atoms in total. The summed E-state index contributed by atoms with van der Waals surface area (Å²) in [5, 5.41) is 0. The molecule has 5 heteroatoms. The highest BCUT2D eigenvalue weighted by Crippen LogP contribution is 2.25. The number of rotatable bonds is 5. The Kier molecular flexibility index (Phi) is 6.99. The number of nitrogens with two attached hydrogens (primary N) is 1. The molecule has 0 atom stereocenters. The zero-order valence-corrected chi connectivity index (χ0v) is 12.2. The first-order valence-corrected chi connectivity index (χ1v) is 6.53. The van der Waals surface area contributed by atoms with E-state index in [1.54, 1.807) is 7.11 Å². The van der Waals surface area contributed by atoms with Crippen molar-refractivity contribution in [1.29, 1.82) is 0 Å². The Labute approximate surface area is 121 Å². The van der Waals surface area contributed by atoms with Gasteiger partial charge in [0, 0.05) is 12.6 Å². The Morgan fingerprint density at radius 2 is 1.84 bits per heavy atom. The molecule has 0 aliphatic carbocycles. The lowest BCUT2D eigenvalue weighted by Gasteiger charge is -2.29. The third kappa shape index (κ3) is 4.90. The molecule has 0 radical (unpaired) electrons. The van der Waals surface area contributed by atoms with Crippen molar-refractivity contribution in [3.8, 4) is 11.5 Å². The van der Waals surface area contributed by atoms with Crippen LogP contribution >= 0.6 is 12.4 Å². The molecule has 0 aromatic heterocycles. The molecule has 0 amide bonds. The summed E-state index contributed by atoms with van der Waals surface area (Å²) < 4.78 is 11.0. The van der Waals surface area contributed by atoms with Crippen molar-refractivity contribution in [2.75, 3.05) is 33.4 Å². The van der Waals surface area contributed by atoms with Crippen molar-refractivity contribution in [2.24, 2.45) is 5.73 Å². The van der Waals surface area contributed by atoms with Crippen molar-refractivity contribution in [3.05, 3.63) is 24.3 Å². The summed E-state index contributed by atoms with van der Waals surface area (Å²) in [6.07, 6.45) is 2.18. The Bertz CT molecular complexity index is 368. The van der Waals surface area contributed by atoms with Crippen LogP contribution in [0.15, 0.2) is 24.3 Å². The van der Waals surface area contributed by atoms with Gasteiger partial charge in [-0.3, -0.25) is 4.90 Å². The third-order valence-electron chi connectivity index (χ3n) is 3.37. The van der Waals surface area contributed by atoms with E-state index < -0.39 is 0 Å². The summed E-state index contributed by atoms with van der Waals surface area (Å²) in [6.45, 7) is 3.80. The van der Waals surface area contributed by atoms with Gasteiger partial charge in [0.1, 0.15) is 6.61 Å². The Hall–Kier alpha value is -0.970. The van der Waals surface area contributed by atoms with Gasteiger partial charge < -0.3 is 15.2 Å². The van der Waals surface area contributed by atoms with Gasteiger partial charge in [-0.15, -0.1) is 12.4 Å². The maximum absolute atomic E-state index is 5.88. The minimum atomic E-state index is 0. The maximum atomic E-state index is 5.88. The molecular weight excluding hydrogens is 264 g/mol. The number of piperidine rings is 1. The average molecular weight is 287 g/mol. The Balaban J connectivity index is 0.00000180. The maximum Gasteiger partial charge on any atom is 0.161 e. The highest BCUT2D eigenvalue weighted by molar-refractivity contribution is 5.85. The Morgan fingerprint density at radius 3 is 2.47 bits per heavy atom. The van der Waals surface area contributed by atoms with Gasteiger partial charge in [-0.25, -0.2) is 0 Å². The van der Waals surface area contributed by atoms with E-state index in [0.717, 1.165) is 44.0 Å². The number of hydrogen-bond donors (Lipinski definition) is 1. The molecule has 0 spiro atoms. The zero-order chi connectivity index (χ0) is 12.8. The largest absolute Gasteiger partial charge is 0.493 e. The highest BCUT2D eigenvalue weighted by atomic mass is 35.5. The normalized spacial score (nSPS) is 16.7. The van der Waals surface area contributed by atoms with E-state index in [9.17, 15) is 0 Å². The van der Waals surface area contributed by atoms with Crippen molar-refractivity contribution < 1.29 is 9.47 Å². The minimum Gasteiger partial charge on any atom is -0.493 e. The zero-order valence-electron chi connectivity index (χ0n) is 11.4. The SMILES string of the molecule is COc1ccccc1OCCN1CCC(N)CC1.Cl. The highest BCUT2D eigenvalue weighted by Gasteiger charge is 2.15. The Morgan fingerprint density at radius 1 is 1.21 bits per heavy atom. The second-order valence-corrected chi connectivity index (χ2v) is 4.68. The fourth-order valence-corrected chi connectivity index (χ4v) is 2.20. The molecule has 1 saturated heterocycles. The summed E-state index contributed by atoms with van der Waals surface area (Å²) in [5.74, 6) is 1.60. The van der Waals surface area contributed by atoms with Gasteiger partial charge in [0.05, 0.1) is 7.11 Å². The van der Waals surface area contributed by atoms with E-state index in [-0.39, 0.29) is 12.4 Å². The van der Waals surface area contributed by atoms with Crippen LogP contribution in [0.5, 0.6) is 11.5 Å². The van der Waals surface area contributed by atoms with Crippen LogP contribution in [0.3, 0.4) is 0 Å². The van der Waals surface area contributed by atoms with E-state index in [0.29, 0.717) is 12.6 Å². The lowest BCUT2D eigenvalue weighted by molar-refractivity contribution is 0.172. The molecule has 19 heavy (non-hydrogen) atoms. The van der Waals surface area contributed by atoms with Gasteiger partial charge in [-0.2, -0.15) is 0 Å². The number of para-hydroxylation sites is 2. The molecule has 2 N–H and O–H groups in total. The number of hydrogen-bond acceptors (Lipinski definition) is 4. The van der Waals surface area contributed by atoms with Crippen molar-refractivity contribution in [1.82, 2.24) is 4.90 Å². The summed E-state index contributed by atoms with van der Waals surface area (Å²) >= 11 is 0. The van der Waals surface area contributed by atoms with Gasteiger partial charge in [0.15, 0.2) is 11.5 Å². The fraction of sp³-hybridized carbons (Fsp3) is 0.571. The molecule has 2 rings (SSSR count). The molecule has 0 bridgehead atoms. The van der Waals surface area contributed by atoms with Crippen LogP contribution < -0.4 is 15.2 Å². The van der Waals surface area contributed by atoms with E-state index in [1.807, 2.05) is 24.3 Å². The number of methoxy groups -OCH3 is 1. The molecule has 108 valence electrons. The van der Waals surface area contributed by atoms with Crippen LogP contribution in [0.1, 0.15) is 12.8 Å². The topological polar surface area (TPSA) is 47.7 Å². The van der Waals surface area contributed by atoms with E-state index in [1.165, 1.54) is 0 Å². The van der Waals surface area contributed by atoms with Gasteiger partial charge in [0.25, 0.3) is 0 Å². The van der Waals surface area contributed by atoms with Crippen LogP contribution in [-0.2, 0) is 0 Å². The summed E-state index contributed by atoms with van der Waals surface area (Å²) in [4.78, 5) is 2.40. The summed E-state index contributed by atoms with van der Waals surface area (Å²) in [6, 6.07) is 8.13. The van der Waals surface area contributed by atoms with Crippen LogP contribution in [0.2, 0.25) is 0 Å². The first-order chi connectivity index (χ1) is 8.79. The van der Waals surface area contributed by atoms with Crippen molar-refractivity contribution in [2.45, 2.75) is 18.9 Å². The van der Waals surface area contributed by atoms with Crippen molar-refractivity contribution >= 4 is 12.4 Å². The number of ether oxygens (including phenoxy) is 2. The second kappa shape index (κ2) is 8.25.